The van der Waals surface area contributed by atoms with Gasteiger partial charge in [-0.05, 0) is 37.6 Å². The number of hydrogen-bond acceptors (Lipinski definition) is 2. The van der Waals surface area contributed by atoms with Gasteiger partial charge in [-0.25, -0.2) is 18.7 Å². The van der Waals surface area contributed by atoms with E-state index in [1.54, 1.807) is 17.7 Å². The summed E-state index contributed by atoms with van der Waals surface area (Å²) in [6.07, 6.45) is 1.68. The standard InChI is InChI=1S/C15H12ClF2N3/c1-8-3-13-15(19-7-8)21(14(20-13)9(2)16)12-5-10(17)4-11(18)6-12/h3-7,9H,1-2H3. The molecule has 0 aliphatic rings. The van der Waals surface area contributed by atoms with Crippen molar-refractivity contribution < 1.29 is 8.78 Å². The highest BCUT2D eigenvalue weighted by Crippen LogP contribution is 2.28. The van der Waals surface area contributed by atoms with Crippen LogP contribution in [0.15, 0.2) is 30.5 Å². The number of nitrogens with zero attached hydrogens (tertiary/aromatic N) is 3. The number of aromatic nitrogens is 3. The summed E-state index contributed by atoms with van der Waals surface area (Å²) < 4.78 is 28.6. The maximum atomic E-state index is 13.5. The third-order valence-electron chi connectivity index (χ3n) is 3.12. The Morgan fingerprint density at radius 3 is 2.43 bits per heavy atom. The fraction of sp³-hybridized carbons (Fsp3) is 0.200. The number of fused-ring (bicyclic) bond motifs is 1. The minimum Gasteiger partial charge on any atom is -0.279 e. The quantitative estimate of drug-likeness (QED) is 0.661. The van der Waals surface area contributed by atoms with Crippen LogP contribution in [-0.4, -0.2) is 14.5 Å². The molecule has 0 bridgehead atoms. The van der Waals surface area contributed by atoms with Gasteiger partial charge in [-0.2, -0.15) is 0 Å². The number of halogens is 3. The third kappa shape index (κ3) is 2.49. The van der Waals surface area contributed by atoms with Crippen molar-refractivity contribution >= 4 is 22.8 Å². The Morgan fingerprint density at radius 1 is 1.14 bits per heavy atom. The smallest absolute Gasteiger partial charge is 0.164 e. The number of aryl methyl sites for hydroxylation is 1. The second-order valence-electron chi connectivity index (χ2n) is 4.90. The molecule has 0 N–H and O–H groups in total. The van der Waals surface area contributed by atoms with Gasteiger partial charge in [-0.1, -0.05) is 0 Å². The molecule has 0 aliphatic carbocycles. The fourth-order valence-electron chi connectivity index (χ4n) is 2.27. The Labute approximate surface area is 125 Å². The first kappa shape index (κ1) is 13.9. The lowest BCUT2D eigenvalue weighted by Crippen LogP contribution is -2.03. The van der Waals surface area contributed by atoms with Gasteiger partial charge < -0.3 is 0 Å². The average molecular weight is 308 g/mol. The first-order valence-corrected chi connectivity index (χ1v) is 6.85. The largest absolute Gasteiger partial charge is 0.279 e. The van der Waals surface area contributed by atoms with E-state index in [0.29, 0.717) is 22.7 Å². The van der Waals surface area contributed by atoms with E-state index in [2.05, 4.69) is 9.97 Å². The van der Waals surface area contributed by atoms with E-state index in [1.807, 2.05) is 13.0 Å². The topological polar surface area (TPSA) is 30.7 Å². The minimum absolute atomic E-state index is 0.314. The zero-order valence-corrected chi connectivity index (χ0v) is 12.2. The molecule has 0 saturated heterocycles. The highest BCUT2D eigenvalue weighted by Gasteiger charge is 2.18. The Hall–Kier alpha value is -2.01. The molecule has 0 aliphatic heterocycles. The molecule has 0 fully saturated rings. The summed E-state index contributed by atoms with van der Waals surface area (Å²) in [5.74, 6) is -0.825. The fourth-order valence-corrected chi connectivity index (χ4v) is 2.42. The average Bonchev–Trinajstić information content (AvgIpc) is 2.76. The molecule has 108 valence electrons. The summed E-state index contributed by atoms with van der Waals surface area (Å²) in [5.41, 5.74) is 2.43. The maximum Gasteiger partial charge on any atom is 0.164 e. The van der Waals surface area contributed by atoms with Crippen molar-refractivity contribution in [1.29, 1.82) is 0 Å². The summed E-state index contributed by atoms with van der Waals surface area (Å²) in [7, 11) is 0. The first-order chi connectivity index (χ1) is 9.95. The van der Waals surface area contributed by atoms with Crippen molar-refractivity contribution in [2.24, 2.45) is 0 Å². The third-order valence-corrected chi connectivity index (χ3v) is 3.32. The number of alkyl halides is 1. The van der Waals surface area contributed by atoms with Gasteiger partial charge in [0, 0.05) is 12.3 Å². The van der Waals surface area contributed by atoms with Crippen LogP contribution in [0.5, 0.6) is 0 Å². The van der Waals surface area contributed by atoms with Crippen molar-refractivity contribution in [2.75, 3.05) is 0 Å². The van der Waals surface area contributed by atoms with Crippen LogP contribution in [0.1, 0.15) is 23.7 Å². The lowest BCUT2D eigenvalue weighted by Gasteiger charge is -2.10. The molecule has 21 heavy (non-hydrogen) atoms. The van der Waals surface area contributed by atoms with Crippen LogP contribution in [0, 0.1) is 18.6 Å². The van der Waals surface area contributed by atoms with E-state index < -0.39 is 17.0 Å². The van der Waals surface area contributed by atoms with Gasteiger partial charge in [0.25, 0.3) is 0 Å². The lowest BCUT2D eigenvalue weighted by molar-refractivity contribution is 0.581. The van der Waals surface area contributed by atoms with Crippen molar-refractivity contribution in [1.82, 2.24) is 14.5 Å². The van der Waals surface area contributed by atoms with Crippen molar-refractivity contribution in [3.8, 4) is 5.69 Å². The van der Waals surface area contributed by atoms with Crippen molar-refractivity contribution in [3.05, 3.63) is 53.5 Å². The second kappa shape index (κ2) is 5.07. The Balaban J connectivity index is 2.36. The predicted molar refractivity (Wildman–Crippen MR) is 77.8 cm³/mol. The Bertz CT molecular complexity index is 807. The first-order valence-electron chi connectivity index (χ1n) is 6.41. The van der Waals surface area contributed by atoms with Gasteiger partial charge in [0.1, 0.15) is 23.0 Å². The normalized spacial score (nSPS) is 12.8. The number of benzene rings is 1. The van der Waals surface area contributed by atoms with Crippen LogP contribution < -0.4 is 0 Å². The van der Waals surface area contributed by atoms with E-state index in [1.165, 1.54) is 12.1 Å². The summed E-state index contributed by atoms with van der Waals surface area (Å²) >= 11 is 6.15. The molecule has 3 nitrogen and oxygen atoms in total. The van der Waals surface area contributed by atoms with Crippen LogP contribution in [-0.2, 0) is 0 Å². The number of rotatable bonds is 2. The van der Waals surface area contributed by atoms with Crippen LogP contribution in [0.4, 0.5) is 8.78 Å². The minimum atomic E-state index is -0.660. The molecule has 2 aromatic heterocycles. The number of hydrogen-bond donors (Lipinski definition) is 0. The summed E-state index contributed by atoms with van der Waals surface area (Å²) in [6, 6.07) is 5.14. The maximum absolute atomic E-state index is 13.5. The predicted octanol–water partition coefficient (Wildman–Crippen LogP) is 4.31. The Morgan fingerprint density at radius 2 is 1.81 bits per heavy atom. The molecule has 6 heteroatoms. The molecule has 0 spiro atoms. The highest BCUT2D eigenvalue weighted by atomic mass is 35.5. The summed E-state index contributed by atoms with van der Waals surface area (Å²) in [6.45, 7) is 3.65. The SMILES string of the molecule is Cc1cnc2c(c1)nc(C(C)Cl)n2-c1cc(F)cc(F)c1. The monoisotopic (exact) mass is 307 g/mol. The number of imidazole rings is 1. The zero-order valence-electron chi connectivity index (χ0n) is 11.4. The number of pyridine rings is 1. The molecule has 2 heterocycles. The molecule has 1 unspecified atom stereocenters. The van der Waals surface area contributed by atoms with E-state index in [4.69, 9.17) is 11.6 Å². The van der Waals surface area contributed by atoms with Gasteiger partial charge in [0.15, 0.2) is 5.65 Å². The molecule has 0 saturated carbocycles. The molecule has 1 atom stereocenters. The van der Waals surface area contributed by atoms with Crippen molar-refractivity contribution in [2.45, 2.75) is 19.2 Å². The molecule has 1 aromatic carbocycles. The van der Waals surface area contributed by atoms with Gasteiger partial charge >= 0.3 is 0 Å². The van der Waals surface area contributed by atoms with Gasteiger partial charge in [-0.3, -0.25) is 4.57 Å². The molecule has 0 amide bonds. The zero-order chi connectivity index (χ0) is 15.1. The second-order valence-corrected chi connectivity index (χ2v) is 5.56. The molecular formula is C15H12ClF2N3. The van der Waals surface area contributed by atoms with Crippen LogP contribution in [0.2, 0.25) is 0 Å². The van der Waals surface area contributed by atoms with Crippen LogP contribution >= 0.6 is 11.6 Å². The Kier molecular flexibility index (Phi) is 3.37. The molecule has 3 aromatic rings. The van der Waals surface area contributed by atoms with E-state index in [0.717, 1.165) is 11.6 Å². The summed E-state index contributed by atoms with van der Waals surface area (Å²) in [5, 5.41) is -0.425. The van der Waals surface area contributed by atoms with E-state index >= 15 is 0 Å². The lowest BCUT2D eigenvalue weighted by atomic mass is 10.2. The molecular weight excluding hydrogens is 296 g/mol. The van der Waals surface area contributed by atoms with Gasteiger partial charge in [0.2, 0.25) is 0 Å². The highest BCUT2D eigenvalue weighted by molar-refractivity contribution is 6.20. The van der Waals surface area contributed by atoms with E-state index in [-0.39, 0.29) is 0 Å². The molecule has 3 rings (SSSR count). The van der Waals surface area contributed by atoms with Gasteiger partial charge in [-0.15, -0.1) is 11.6 Å². The van der Waals surface area contributed by atoms with Gasteiger partial charge in [0.05, 0.1) is 11.1 Å². The van der Waals surface area contributed by atoms with Crippen LogP contribution in [0.25, 0.3) is 16.9 Å². The van der Waals surface area contributed by atoms with Crippen molar-refractivity contribution in [3.63, 3.8) is 0 Å². The van der Waals surface area contributed by atoms with Crippen LogP contribution in [0.3, 0.4) is 0 Å². The van der Waals surface area contributed by atoms with E-state index in [9.17, 15) is 8.78 Å². The summed E-state index contributed by atoms with van der Waals surface area (Å²) in [4.78, 5) is 8.75. The molecule has 0 radical (unpaired) electrons.